The number of hydrogen-bond donors (Lipinski definition) is 1. The molecule has 98 valence electrons. The second-order valence-corrected chi connectivity index (χ2v) is 4.10. The summed E-state index contributed by atoms with van der Waals surface area (Å²) in [6.45, 7) is 3.85. The summed E-state index contributed by atoms with van der Waals surface area (Å²) in [5.41, 5.74) is 0.426. The number of amides is 1. The molecule has 5 heteroatoms. The van der Waals surface area contributed by atoms with Gasteiger partial charge >= 0.3 is 5.97 Å². The van der Waals surface area contributed by atoms with Crippen molar-refractivity contribution < 1.29 is 14.3 Å². The fourth-order valence-electron chi connectivity index (χ4n) is 1.52. The first-order valence-electron chi connectivity index (χ1n) is 5.88. The summed E-state index contributed by atoms with van der Waals surface area (Å²) in [4.78, 5) is 27.4. The lowest BCUT2D eigenvalue weighted by Gasteiger charge is -2.21. The van der Waals surface area contributed by atoms with Gasteiger partial charge in [-0.05, 0) is 18.1 Å². The third kappa shape index (κ3) is 3.55. The Morgan fingerprint density at radius 2 is 2.22 bits per heavy atom. The Balaban J connectivity index is 2.78. The maximum atomic E-state index is 11.9. The molecule has 0 aromatic carbocycles. The van der Waals surface area contributed by atoms with Crippen molar-refractivity contribution in [3.8, 4) is 0 Å². The van der Waals surface area contributed by atoms with E-state index >= 15 is 0 Å². The van der Waals surface area contributed by atoms with Crippen molar-refractivity contribution in [1.29, 1.82) is 0 Å². The van der Waals surface area contributed by atoms with Crippen LogP contribution in [-0.2, 0) is 9.53 Å². The van der Waals surface area contributed by atoms with E-state index < -0.39 is 12.0 Å². The summed E-state index contributed by atoms with van der Waals surface area (Å²) in [6, 6.07) is 2.69. The first-order valence-corrected chi connectivity index (χ1v) is 5.88. The average molecular weight is 250 g/mol. The summed E-state index contributed by atoms with van der Waals surface area (Å²) in [5.74, 6) is -0.738. The molecule has 0 aliphatic heterocycles. The van der Waals surface area contributed by atoms with Crippen LogP contribution >= 0.6 is 0 Å². The number of aromatic nitrogens is 1. The molecule has 2 atom stereocenters. The van der Waals surface area contributed by atoms with E-state index in [0.717, 1.165) is 6.42 Å². The molecule has 0 fully saturated rings. The van der Waals surface area contributed by atoms with Gasteiger partial charge in [0.05, 0.1) is 12.7 Å². The number of nitrogens with one attached hydrogen (secondary N) is 1. The van der Waals surface area contributed by atoms with Gasteiger partial charge in [-0.1, -0.05) is 20.3 Å². The van der Waals surface area contributed by atoms with E-state index in [2.05, 4.69) is 10.3 Å². The monoisotopic (exact) mass is 250 g/mol. The van der Waals surface area contributed by atoms with Crippen molar-refractivity contribution in [1.82, 2.24) is 10.3 Å². The topological polar surface area (TPSA) is 68.3 Å². The summed E-state index contributed by atoms with van der Waals surface area (Å²) >= 11 is 0. The van der Waals surface area contributed by atoms with Crippen LogP contribution in [0.1, 0.15) is 30.6 Å². The number of hydrogen-bond acceptors (Lipinski definition) is 4. The molecular weight excluding hydrogens is 232 g/mol. The summed E-state index contributed by atoms with van der Waals surface area (Å²) in [5, 5.41) is 2.68. The maximum absolute atomic E-state index is 11.9. The van der Waals surface area contributed by atoms with Crippen LogP contribution < -0.4 is 5.32 Å². The zero-order valence-electron chi connectivity index (χ0n) is 10.8. The third-order valence-electron chi connectivity index (χ3n) is 2.88. The molecule has 0 spiro atoms. The number of carbonyl (C=O) groups is 2. The Labute approximate surface area is 107 Å². The lowest BCUT2D eigenvalue weighted by Crippen LogP contribution is -2.45. The number of esters is 1. The van der Waals surface area contributed by atoms with E-state index in [9.17, 15) is 9.59 Å². The second kappa shape index (κ2) is 6.74. The molecule has 1 heterocycles. The zero-order valence-corrected chi connectivity index (χ0v) is 10.8. The van der Waals surface area contributed by atoms with E-state index in [4.69, 9.17) is 4.74 Å². The van der Waals surface area contributed by atoms with Crippen LogP contribution in [0, 0.1) is 5.92 Å². The minimum atomic E-state index is -0.632. The van der Waals surface area contributed by atoms with Crippen molar-refractivity contribution in [3.63, 3.8) is 0 Å². The van der Waals surface area contributed by atoms with Crippen molar-refractivity contribution in [2.75, 3.05) is 7.11 Å². The quantitative estimate of drug-likeness (QED) is 0.802. The van der Waals surface area contributed by atoms with Gasteiger partial charge in [-0.2, -0.15) is 0 Å². The van der Waals surface area contributed by atoms with Gasteiger partial charge in [0, 0.05) is 12.4 Å². The van der Waals surface area contributed by atoms with Crippen LogP contribution in [0.3, 0.4) is 0 Å². The van der Waals surface area contributed by atoms with Crippen molar-refractivity contribution in [2.45, 2.75) is 26.3 Å². The molecular formula is C13H18N2O3. The molecule has 1 amide bonds. The molecule has 0 saturated heterocycles. The number of carbonyl (C=O) groups excluding carboxylic acids is 2. The smallest absolute Gasteiger partial charge is 0.328 e. The van der Waals surface area contributed by atoms with E-state index in [-0.39, 0.29) is 11.8 Å². The van der Waals surface area contributed by atoms with Crippen LogP contribution in [0.5, 0.6) is 0 Å². The van der Waals surface area contributed by atoms with Crippen LogP contribution in [0.4, 0.5) is 0 Å². The second-order valence-electron chi connectivity index (χ2n) is 4.10. The van der Waals surface area contributed by atoms with Crippen molar-refractivity contribution in [2.24, 2.45) is 5.92 Å². The first kappa shape index (κ1) is 14.2. The van der Waals surface area contributed by atoms with Crippen LogP contribution in [-0.4, -0.2) is 30.0 Å². The largest absolute Gasteiger partial charge is 0.467 e. The van der Waals surface area contributed by atoms with Gasteiger partial charge in [0.2, 0.25) is 0 Å². The standard InChI is InChI=1S/C13H18N2O3/c1-4-9(2)11(13(17)18-3)15-12(16)10-6-5-7-14-8-10/h5-9,11H,4H2,1-3H3,(H,15,16)/t9-,11-/m1/s1. The highest BCUT2D eigenvalue weighted by Gasteiger charge is 2.26. The number of nitrogens with zero attached hydrogens (tertiary/aromatic N) is 1. The normalized spacial score (nSPS) is 13.5. The number of pyridine rings is 1. The third-order valence-corrected chi connectivity index (χ3v) is 2.88. The first-order chi connectivity index (χ1) is 8.60. The van der Waals surface area contributed by atoms with E-state index in [1.807, 2.05) is 13.8 Å². The molecule has 1 N–H and O–H groups in total. The molecule has 1 aromatic rings. The number of methoxy groups -OCH3 is 1. The van der Waals surface area contributed by atoms with Gasteiger partial charge in [-0.25, -0.2) is 4.79 Å². The minimum absolute atomic E-state index is 0.0121. The summed E-state index contributed by atoms with van der Waals surface area (Å²) in [6.07, 6.45) is 3.82. The van der Waals surface area contributed by atoms with Gasteiger partial charge in [0.1, 0.15) is 6.04 Å². The molecule has 18 heavy (non-hydrogen) atoms. The highest BCUT2D eigenvalue weighted by atomic mass is 16.5. The maximum Gasteiger partial charge on any atom is 0.328 e. The van der Waals surface area contributed by atoms with Gasteiger partial charge in [-0.3, -0.25) is 9.78 Å². The molecule has 0 aliphatic carbocycles. The molecule has 1 rings (SSSR count). The van der Waals surface area contributed by atoms with Crippen LogP contribution in [0.25, 0.3) is 0 Å². The molecule has 0 aliphatic rings. The Kier molecular flexibility index (Phi) is 5.30. The molecule has 0 saturated carbocycles. The Morgan fingerprint density at radius 3 is 2.72 bits per heavy atom. The Hall–Kier alpha value is -1.91. The molecule has 0 unspecified atom stereocenters. The van der Waals surface area contributed by atoms with E-state index in [1.54, 1.807) is 18.3 Å². The molecule has 5 nitrogen and oxygen atoms in total. The van der Waals surface area contributed by atoms with E-state index in [0.29, 0.717) is 5.56 Å². The van der Waals surface area contributed by atoms with Gasteiger partial charge in [-0.15, -0.1) is 0 Å². The van der Waals surface area contributed by atoms with Crippen molar-refractivity contribution >= 4 is 11.9 Å². The van der Waals surface area contributed by atoms with Crippen LogP contribution in [0.15, 0.2) is 24.5 Å². The molecule has 1 aromatic heterocycles. The Bertz CT molecular complexity index is 406. The number of rotatable bonds is 5. The average Bonchev–Trinajstić information content (AvgIpc) is 2.43. The lowest BCUT2D eigenvalue weighted by molar-refractivity contribution is -0.144. The van der Waals surface area contributed by atoms with Crippen molar-refractivity contribution in [3.05, 3.63) is 30.1 Å². The van der Waals surface area contributed by atoms with Gasteiger partial charge < -0.3 is 10.1 Å². The fraction of sp³-hybridized carbons (Fsp3) is 0.462. The summed E-state index contributed by atoms with van der Waals surface area (Å²) in [7, 11) is 1.31. The predicted octanol–water partition coefficient (Wildman–Crippen LogP) is 1.40. The molecule has 0 bridgehead atoms. The molecule has 0 radical (unpaired) electrons. The highest BCUT2D eigenvalue weighted by Crippen LogP contribution is 2.10. The predicted molar refractivity (Wildman–Crippen MR) is 67.0 cm³/mol. The SMILES string of the molecule is CC[C@@H](C)[C@@H](NC(=O)c1cccnc1)C(=O)OC. The zero-order chi connectivity index (χ0) is 13.5. The van der Waals surface area contributed by atoms with Gasteiger partial charge in [0.15, 0.2) is 0 Å². The van der Waals surface area contributed by atoms with E-state index in [1.165, 1.54) is 13.3 Å². The van der Waals surface area contributed by atoms with Gasteiger partial charge in [0.25, 0.3) is 5.91 Å². The summed E-state index contributed by atoms with van der Waals surface area (Å²) < 4.78 is 4.70. The fourth-order valence-corrected chi connectivity index (χ4v) is 1.52. The minimum Gasteiger partial charge on any atom is -0.467 e. The van der Waals surface area contributed by atoms with Crippen LogP contribution in [0.2, 0.25) is 0 Å². The highest BCUT2D eigenvalue weighted by molar-refractivity contribution is 5.96. The number of ether oxygens (including phenoxy) is 1. The Morgan fingerprint density at radius 1 is 1.50 bits per heavy atom. The lowest BCUT2D eigenvalue weighted by atomic mass is 9.99.